The summed E-state index contributed by atoms with van der Waals surface area (Å²) in [5.41, 5.74) is 2.39. The van der Waals surface area contributed by atoms with E-state index in [1.54, 1.807) is 12.1 Å². The van der Waals surface area contributed by atoms with E-state index in [4.69, 9.17) is 16.3 Å². The second kappa shape index (κ2) is 7.11. The van der Waals surface area contributed by atoms with Gasteiger partial charge in [-0.3, -0.25) is 4.79 Å². The molecule has 0 aliphatic rings. The first-order valence-corrected chi connectivity index (χ1v) is 7.04. The van der Waals surface area contributed by atoms with E-state index in [1.807, 2.05) is 43.3 Å². The molecule has 2 aromatic rings. The van der Waals surface area contributed by atoms with Crippen LogP contribution in [0.5, 0.6) is 5.75 Å². The van der Waals surface area contributed by atoms with Gasteiger partial charge in [-0.25, -0.2) is 0 Å². The minimum Gasteiger partial charge on any atom is -0.427 e. The molecule has 0 spiro atoms. The highest BCUT2D eigenvalue weighted by Gasteiger charge is 2.06. The molecule has 0 atom stereocenters. The van der Waals surface area contributed by atoms with E-state index in [2.05, 4.69) is 0 Å². The van der Waals surface area contributed by atoms with E-state index >= 15 is 0 Å². The lowest BCUT2D eigenvalue weighted by Gasteiger charge is -2.06. The molecule has 104 valence electrons. The summed E-state index contributed by atoms with van der Waals surface area (Å²) in [7, 11) is 0. The summed E-state index contributed by atoms with van der Waals surface area (Å²) in [4.78, 5) is 11.7. The van der Waals surface area contributed by atoms with Crippen molar-refractivity contribution in [2.45, 2.75) is 26.2 Å². The molecule has 0 saturated heterocycles. The molecule has 2 rings (SSSR count). The van der Waals surface area contributed by atoms with E-state index in [0.29, 0.717) is 12.2 Å². The molecule has 0 aromatic heterocycles. The molecule has 3 heteroatoms. The monoisotopic (exact) mass is 288 g/mol. The van der Waals surface area contributed by atoms with Crippen molar-refractivity contribution in [2.75, 3.05) is 0 Å². The quantitative estimate of drug-likeness (QED) is 0.595. The second-order valence-corrected chi connectivity index (χ2v) is 5.15. The van der Waals surface area contributed by atoms with Crippen LogP contribution in [-0.4, -0.2) is 5.97 Å². The summed E-state index contributed by atoms with van der Waals surface area (Å²) >= 11 is 5.92. The van der Waals surface area contributed by atoms with Gasteiger partial charge in [-0.15, -0.1) is 0 Å². The van der Waals surface area contributed by atoms with Gasteiger partial charge in [0, 0.05) is 11.4 Å². The standard InChI is InChI=1S/C17H17ClO2/c1-13-12-15(18)11-10-14(13)6-5-9-17(19)20-16-7-3-2-4-8-16/h2-4,7-8,10-12H,5-6,9H2,1H3. The van der Waals surface area contributed by atoms with Crippen molar-refractivity contribution in [3.63, 3.8) is 0 Å². The fourth-order valence-corrected chi connectivity index (χ4v) is 2.26. The van der Waals surface area contributed by atoms with Crippen molar-refractivity contribution in [1.82, 2.24) is 0 Å². The van der Waals surface area contributed by atoms with Gasteiger partial charge in [0.05, 0.1) is 0 Å². The van der Waals surface area contributed by atoms with Crippen LogP contribution in [0.1, 0.15) is 24.0 Å². The zero-order chi connectivity index (χ0) is 14.4. The molecule has 0 radical (unpaired) electrons. The van der Waals surface area contributed by atoms with Crippen LogP contribution in [0.3, 0.4) is 0 Å². The predicted molar refractivity (Wildman–Crippen MR) is 81.2 cm³/mol. The Morgan fingerprint density at radius 1 is 1.15 bits per heavy atom. The molecule has 0 amide bonds. The maximum Gasteiger partial charge on any atom is 0.311 e. The largest absolute Gasteiger partial charge is 0.427 e. The molecule has 0 unspecified atom stereocenters. The van der Waals surface area contributed by atoms with Gasteiger partial charge in [-0.1, -0.05) is 35.9 Å². The Bertz CT molecular complexity index is 579. The Balaban J connectivity index is 1.79. The number of para-hydroxylation sites is 1. The Morgan fingerprint density at radius 2 is 1.90 bits per heavy atom. The molecule has 2 aromatic carbocycles. The van der Waals surface area contributed by atoms with Crippen LogP contribution in [0.25, 0.3) is 0 Å². The van der Waals surface area contributed by atoms with Crippen molar-refractivity contribution in [3.05, 3.63) is 64.7 Å². The van der Waals surface area contributed by atoms with E-state index in [9.17, 15) is 4.79 Å². The molecular weight excluding hydrogens is 272 g/mol. The van der Waals surface area contributed by atoms with Gasteiger partial charge in [0.1, 0.15) is 5.75 Å². The van der Waals surface area contributed by atoms with Gasteiger partial charge in [-0.05, 0) is 55.2 Å². The van der Waals surface area contributed by atoms with Gasteiger partial charge in [-0.2, -0.15) is 0 Å². The number of aryl methyl sites for hydroxylation is 2. The van der Waals surface area contributed by atoms with Crippen molar-refractivity contribution < 1.29 is 9.53 Å². The normalized spacial score (nSPS) is 10.3. The lowest BCUT2D eigenvalue weighted by molar-refractivity contribution is -0.134. The number of halogens is 1. The molecule has 0 heterocycles. The minimum absolute atomic E-state index is 0.192. The van der Waals surface area contributed by atoms with Gasteiger partial charge in [0.15, 0.2) is 0 Å². The number of ether oxygens (including phenoxy) is 1. The first kappa shape index (κ1) is 14.6. The molecule has 20 heavy (non-hydrogen) atoms. The molecule has 0 bridgehead atoms. The number of rotatable bonds is 5. The Kier molecular flexibility index (Phi) is 5.19. The van der Waals surface area contributed by atoms with Crippen molar-refractivity contribution >= 4 is 17.6 Å². The second-order valence-electron chi connectivity index (χ2n) is 4.71. The Labute approximate surface area is 124 Å². The SMILES string of the molecule is Cc1cc(Cl)ccc1CCCC(=O)Oc1ccccc1. The van der Waals surface area contributed by atoms with Gasteiger partial charge in [0.2, 0.25) is 0 Å². The fourth-order valence-electron chi connectivity index (χ4n) is 2.03. The first-order chi connectivity index (χ1) is 9.65. The molecule has 0 N–H and O–H groups in total. The van der Waals surface area contributed by atoms with E-state index in [0.717, 1.165) is 23.4 Å². The molecular formula is C17H17ClO2. The van der Waals surface area contributed by atoms with Crippen molar-refractivity contribution in [1.29, 1.82) is 0 Å². The highest BCUT2D eigenvalue weighted by molar-refractivity contribution is 6.30. The summed E-state index contributed by atoms with van der Waals surface area (Å²) in [5, 5.41) is 0.745. The number of esters is 1. The predicted octanol–water partition coefficient (Wildman–Crippen LogP) is 4.58. The van der Waals surface area contributed by atoms with Crippen LogP contribution in [0.4, 0.5) is 0 Å². The molecule has 0 aliphatic carbocycles. The average molecular weight is 289 g/mol. The number of hydrogen-bond donors (Lipinski definition) is 0. The Hall–Kier alpha value is -1.80. The third kappa shape index (κ3) is 4.39. The number of hydrogen-bond acceptors (Lipinski definition) is 2. The van der Waals surface area contributed by atoms with Crippen LogP contribution in [0.2, 0.25) is 5.02 Å². The summed E-state index contributed by atoms with van der Waals surface area (Å²) in [6.45, 7) is 2.03. The topological polar surface area (TPSA) is 26.3 Å². The minimum atomic E-state index is -0.192. The van der Waals surface area contributed by atoms with E-state index in [1.165, 1.54) is 5.56 Å². The van der Waals surface area contributed by atoms with Gasteiger partial charge < -0.3 is 4.74 Å². The summed E-state index contributed by atoms with van der Waals surface area (Å²) in [6, 6.07) is 15.0. The van der Waals surface area contributed by atoms with Gasteiger partial charge >= 0.3 is 5.97 Å². The highest BCUT2D eigenvalue weighted by Crippen LogP contribution is 2.17. The van der Waals surface area contributed by atoms with Crippen LogP contribution in [-0.2, 0) is 11.2 Å². The molecule has 0 aliphatic heterocycles. The third-order valence-corrected chi connectivity index (χ3v) is 3.34. The fraction of sp³-hybridized carbons (Fsp3) is 0.235. The van der Waals surface area contributed by atoms with E-state index < -0.39 is 0 Å². The van der Waals surface area contributed by atoms with E-state index in [-0.39, 0.29) is 5.97 Å². The lowest BCUT2D eigenvalue weighted by atomic mass is 10.0. The van der Waals surface area contributed by atoms with Crippen LogP contribution < -0.4 is 4.74 Å². The molecule has 0 fully saturated rings. The molecule has 0 saturated carbocycles. The summed E-state index contributed by atoms with van der Waals surface area (Å²) < 4.78 is 5.24. The van der Waals surface area contributed by atoms with Gasteiger partial charge in [0.25, 0.3) is 0 Å². The number of carbonyl (C=O) groups is 1. The number of benzene rings is 2. The highest BCUT2D eigenvalue weighted by atomic mass is 35.5. The first-order valence-electron chi connectivity index (χ1n) is 6.66. The van der Waals surface area contributed by atoms with Crippen LogP contribution in [0.15, 0.2) is 48.5 Å². The maximum atomic E-state index is 11.7. The van der Waals surface area contributed by atoms with Crippen LogP contribution in [0, 0.1) is 6.92 Å². The summed E-state index contributed by atoms with van der Waals surface area (Å²) in [6.07, 6.45) is 2.04. The average Bonchev–Trinajstić information content (AvgIpc) is 2.42. The lowest BCUT2D eigenvalue weighted by Crippen LogP contribution is -2.08. The number of carbonyl (C=O) groups excluding carboxylic acids is 1. The van der Waals surface area contributed by atoms with Crippen molar-refractivity contribution in [3.8, 4) is 5.75 Å². The third-order valence-electron chi connectivity index (χ3n) is 3.11. The maximum absolute atomic E-state index is 11.7. The smallest absolute Gasteiger partial charge is 0.311 e. The zero-order valence-electron chi connectivity index (χ0n) is 11.4. The molecule has 2 nitrogen and oxygen atoms in total. The Morgan fingerprint density at radius 3 is 2.60 bits per heavy atom. The van der Waals surface area contributed by atoms with Crippen molar-refractivity contribution in [2.24, 2.45) is 0 Å². The zero-order valence-corrected chi connectivity index (χ0v) is 12.2. The van der Waals surface area contributed by atoms with Crippen LogP contribution >= 0.6 is 11.6 Å². The summed E-state index contributed by atoms with van der Waals surface area (Å²) in [5.74, 6) is 0.406.